The molecule has 3 aromatic rings. The molecule has 32 heavy (non-hydrogen) atoms. The minimum atomic E-state index is -0.563. The van der Waals surface area contributed by atoms with Crippen LogP contribution in [0, 0.1) is 12.7 Å². The molecule has 0 aromatic heterocycles. The van der Waals surface area contributed by atoms with Gasteiger partial charge < -0.3 is 14.2 Å². The Balaban J connectivity index is 1.45. The Bertz CT molecular complexity index is 1200. The van der Waals surface area contributed by atoms with Crippen LogP contribution in [0.3, 0.4) is 0 Å². The van der Waals surface area contributed by atoms with Gasteiger partial charge >= 0.3 is 5.97 Å². The van der Waals surface area contributed by atoms with Crippen LogP contribution in [-0.2, 0) is 16.1 Å². The average molecular weight is 453 g/mol. The molecule has 1 aliphatic rings. The van der Waals surface area contributed by atoms with Crippen molar-refractivity contribution in [3.63, 3.8) is 0 Å². The number of ether oxygens (including phenoxy) is 3. The first-order valence-corrected chi connectivity index (χ1v) is 10.2. The fraction of sp³-hybridized carbons (Fsp3) is 0.120. The molecule has 162 valence electrons. The van der Waals surface area contributed by atoms with Gasteiger partial charge in [-0.05, 0) is 42.8 Å². The standard InChI is InChI=1S/C25H18ClFO5/c1-15-21(30-14-23(28)31-13-16-6-3-2-4-7-16)11-10-17-24(29)22(32-25(15)17)12-18-19(26)8-5-9-20(18)27/h2-12H,13-14H2,1H3/b22-12-. The van der Waals surface area contributed by atoms with Gasteiger partial charge in [-0.25, -0.2) is 9.18 Å². The van der Waals surface area contributed by atoms with Crippen LogP contribution < -0.4 is 9.47 Å². The van der Waals surface area contributed by atoms with Crippen molar-refractivity contribution in [3.8, 4) is 11.5 Å². The van der Waals surface area contributed by atoms with Gasteiger partial charge in [0, 0.05) is 11.1 Å². The largest absolute Gasteiger partial charge is 0.481 e. The summed E-state index contributed by atoms with van der Waals surface area (Å²) < 4.78 is 30.6. The Morgan fingerprint density at radius 1 is 1.09 bits per heavy atom. The monoisotopic (exact) mass is 452 g/mol. The summed E-state index contributed by atoms with van der Waals surface area (Å²) in [5.74, 6) is -0.861. The first kappa shape index (κ1) is 21.6. The minimum Gasteiger partial charge on any atom is -0.481 e. The van der Waals surface area contributed by atoms with E-state index in [2.05, 4.69) is 0 Å². The molecule has 0 radical (unpaired) electrons. The average Bonchev–Trinajstić information content (AvgIpc) is 3.11. The molecule has 7 heteroatoms. The summed E-state index contributed by atoms with van der Waals surface area (Å²) in [5.41, 5.74) is 1.80. The van der Waals surface area contributed by atoms with Gasteiger partial charge in [0.2, 0.25) is 5.78 Å². The van der Waals surface area contributed by atoms with Gasteiger partial charge in [-0.1, -0.05) is 48.0 Å². The summed E-state index contributed by atoms with van der Waals surface area (Å²) in [6.07, 6.45) is 1.28. The second-order valence-corrected chi connectivity index (χ2v) is 7.48. The minimum absolute atomic E-state index is 0.0467. The lowest BCUT2D eigenvalue weighted by molar-refractivity contribution is -0.147. The lowest BCUT2D eigenvalue weighted by atomic mass is 10.1. The number of Topliss-reactive ketones (excluding diaryl/α,β-unsaturated/α-hetero) is 1. The molecule has 4 rings (SSSR count). The number of carbonyl (C=O) groups is 2. The molecule has 0 bridgehead atoms. The van der Waals surface area contributed by atoms with Crippen molar-refractivity contribution in [3.05, 3.63) is 99.5 Å². The van der Waals surface area contributed by atoms with E-state index in [9.17, 15) is 14.0 Å². The number of ketones is 1. The van der Waals surface area contributed by atoms with Crippen molar-refractivity contribution < 1.29 is 28.2 Å². The maximum absolute atomic E-state index is 14.1. The number of benzene rings is 3. The van der Waals surface area contributed by atoms with Crippen molar-refractivity contribution >= 4 is 29.4 Å². The fourth-order valence-corrected chi connectivity index (χ4v) is 3.44. The molecule has 0 N–H and O–H groups in total. The van der Waals surface area contributed by atoms with E-state index in [0.717, 1.165) is 5.56 Å². The molecule has 0 saturated carbocycles. The Hall–Kier alpha value is -3.64. The van der Waals surface area contributed by atoms with Gasteiger partial charge in [0.1, 0.15) is 23.9 Å². The molecular formula is C25H18ClFO5. The second kappa shape index (κ2) is 9.24. The molecule has 0 saturated heterocycles. The van der Waals surface area contributed by atoms with E-state index < -0.39 is 17.6 Å². The zero-order valence-corrected chi connectivity index (χ0v) is 17.8. The molecular weight excluding hydrogens is 435 g/mol. The number of fused-ring (bicyclic) bond motifs is 1. The van der Waals surface area contributed by atoms with E-state index in [4.69, 9.17) is 25.8 Å². The summed E-state index contributed by atoms with van der Waals surface area (Å²) in [4.78, 5) is 24.7. The van der Waals surface area contributed by atoms with Gasteiger partial charge in [0.15, 0.2) is 12.4 Å². The molecule has 1 aliphatic heterocycles. The third kappa shape index (κ3) is 4.50. The van der Waals surface area contributed by atoms with Gasteiger partial charge in [-0.15, -0.1) is 0 Å². The predicted octanol–water partition coefficient (Wildman–Crippen LogP) is 5.53. The third-order valence-corrected chi connectivity index (χ3v) is 5.23. The summed E-state index contributed by atoms with van der Waals surface area (Å²) in [6.45, 7) is 1.56. The molecule has 0 amide bonds. The SMILES string of the molecule is Cc1c(OCC(=O)OCc2ccccc2)ccc2c1O/C(=C\c1c(F)cccc1Cl)C2=O. The van der Waals surface area contributed by atoms with E-state index >= 15 is 0 Å². The van der Waals surface area contributed by atoms with Gasteiger partial charge in [-0.2, -0.15) is 0 Å². The highest BCUT2D eigenvalue weighted by molar-refractivity contribution is 6.32. The molecule has 0 spiro atoms. The highest BCUT2D eigenvalue weighted by Gasteiger charge is 2.30. The quantitative estimate of drug-likeness (QED) is 0.363. The van der Waals surface area contributed by atoms with Gasteiger partial charge in [-0.3, -0.25) is 4.79 Å². The Kier molecular flexibility index (Phi) is 6.23. The van der Waals surface area contributed by atoms with Crippen molar-refractivity contribution in [2.45, 2.75) is 13.5 Å². The summed E-state index contributed by atoms with van der Waals surface area (Å²) >= 11 is 6.04. The molecule has 3 aromatic carbocycles. The zero-order valence-electron chi connectivity index (χ0n) is 17.1. The van der Waals surface area contributed by atoms with Crippen LogP contribution in [-0.4, -0.2) is 18.4 Å². The predicted molar refractivity (Wildman–Crippen MR) is 117 cm³/mol. The van der Waals surface area contributed by atoms with E-state index in [1.165, 1.54) is 24.3 Å². The number of carbonyl (C=O) groups excluding carboxylic acids is 2. The number of rotatable bonds is 6. The van der Waals surface area contributed by atoms with E-state index in [-0.39, 0.29) is 29.6 Å². The highest BCUT2D eigenvalue weighted by atomic mass is 35.5. The number of esters is 1. The zero-order chi connectivity index (χ0) is 22.7. The first-order valence-electron chi connectivity index (χ1n) is 9.78. The summed E-state index contributed by atoms with van der Waals surface area (Å²) in [7, 11) is 0. The van der Waals surface area contributed by atoms with Crippen molar-refractivity contribution in [1.82, 2.24) is 0 Å². The fourth-order valence-electron chi connectivity index (χ4n) is 3.22. The maximum atomic E-state index is 14.1. The number of halogens is 2. The van der Waals surface area contributed by atoms with Crippen LogP contribution in [0.4, 0.5) is 4.39 Å². The normalized spacial score (nSPS) is 13.6. The number of hydrogen-bond donors (Lipinski definition) is 0. The van der Waals surface area contributed by atoms with Crippen molar-refractivity contribution in [2.24, 2.45) is 0 Å². The maximum Gasteiger partial charge on any atom is 0.344 e. The number of hydrogen-bond acceptors (Lipinski definition) is 5. The molecule has 0 fully saturated rings. The number of allylic oxidation sites excluding steroid dienone is 1. The summed E-state index contributed by atoms with van der Waals surface area (Å²) in [6, 6.07) is 16.7. The van der Waals surface area contributed by atoms with Crippen LogP contribution in [0.15, 0.2) is 66.4 Å². The van der Waals surface area contributed by atoms with E-state index in [1.54, 1.807) is 19.1 Å². The van der Waals surface area contributed by atoms with Crippen LogP contribution in [0.1, 0.15) is 27.0 Å². The second-order valence-electron chi connectivity index (χ2n) is 7.08. The Labute approximate surface area is 189 Å². The van der Waals surface area contributed by atoms with E-state index in [1.807, 2.05) is 30.3 Å². The van der Waals surface area contributed by atoms with Crippen molar-refractivity contribution in [1.29, 1.82) is 0 Å². The first-order chi connectivity index (χ1) is 15.4. The molecule has 0 unspecified atom stereocenters. The van der Waals surface area contributed by atoms with Gasteiger partial charge in [0.25, 0.3) is 0 Å². The summed E-state index contributed by atoms with van der Waals surface area (Å²) in [5, 5.41) is 0.166. The Morgan fingerprint density at radius 2 is 1.88 bits per heavy atom. The molecule has 0 aliphatic carbocycles. The topological polar surface area (TPSA) is 61.8 Å². The third-order valence-electron chi connectivity index (χ3n) is 4.90. The molecule has 1 heterocycles. The van der Waals surface area contributed by atoms with Crippen LogP contribution >= 0.6 is 11.6 Å². The van der Waals surface area contributed by atoms with Crippen LogP contribution in [0.5, 0.6) is 11.5 Å². The van der Waals surface area contributed by atoms with Crippen LogP contribution in [0.2, 0.25) is 5.02 Å². The van der Waals surface area contributed by atoms with E-state index in [0.29, 0.717) is 22.6 Å². The highest BCUT2D eigenvalue weighted by Crippen LogP contribution is 2.39. The lowest BCUT2D eigenvalue weighted by Gasteiger charge is -2.11. The molecule has 5 nitrogen and oxygen atoms in total. The Morgan fingerprint density at radius 3 is 2.62 bits per heavy atom. The lowest BCUT2D eigenvalue weighted by Crippen LogP contribution is -2.15. The van der Waals surface area contributed by atoms with Gasteiger partial charge in [0.05, 0.1) is 10.6 Å². The smallest absolute Gasteiger partial charge is 0.344 e. The molecule has 0 atom stereocenters. The van der Waals surface area contributed by atoms with Crippen LogP contribution in [0.25, 0.3) is 6.08 Å². The van der Waals surface area contributed by atoms with Crippen molar-refractivity contribution in [2.75, 3.05) is 6.61 Å².